The topological polar surface area (TPSA) is 75.9 Å². The molecule has 0 aliphatic heterocycles. The number of hydrogen-bond acceptors (Lipinski definition) is 5. The van der Waals surface area contributed by atoms with Gasteiger partial charge >= 0.3 is 0 Å². The molecule has 1 aromatic rings. The van der Waals surface area contributed by atoms with E-state index in [0.29, 0.717) is 19.0 Å². The lowest BCUT2D eigenvalue weighted by Gasteiger charge is -2.12. The maximum Gasteiger partial charge on any atom is 0.132 e. The van der Waals surface area contributed by atoms with Crippen LogP contribution in [0.5, 0.6) is 0 Å². The van der Waals surface area contributed by atoms with Gasteiger partial charge in [0.25, 0.3) is 0 Å². The second-order valence-corrected chi connectivity index (χ2v) is 4.08. The quantitative estimate of drug-likeness (QED) is 0.623. The summed E-state index contributed by atoms with van der Waals surface area (Å²) in [5.41, 5.74) is 5.57. The Morgan fingerprint density at radius 3 is 2.65 bits per heavy atom. The molecule has 5 nitrogen and oxygen atoms in total. The molecular formula is C12H21N5. The van der Waals surface area contributed by atoms with Crippen LogP contribution in [0, 0.1) is 12.8 Å². The van der Waals surface area contributed by atoms with Gasteiger partial charge in [0.05, 0.1) is 0 Å². The van der Waals surface area contributed by atoms with Gasteiger partial charge in [-0.2, -0.15) is 0 Å². The van der Waals surface area contributed by atoms with E-state index < -0.39 is 0 Å². The Kier molecular flexibility index (Phi) is 5.42. The van der Waals surface area contributed by atoms with Crippen molar-refractivity contribution < 1.29 is 0 Å². The Labute approximate surface area is 103 Å². The van der Waals surface area contributed by atoms with E-state index in [1.165, 1.54) is 0 Å². The average Bonchev–Trinajstić information content (AvgIpc) is 2.32. The number of nitrogens with one attached hydrogen (secondary N) is 2. The standard InChI is InChI=1S/C12H21N5/c1-4-5-14-11-6-12(17-10(3)16-11)15-8-9(2)7-13/h4,6,9H,1,5,7-8,13H2,2-3H3,(H2,14,15,16,17). The third-order valence-corrected chi connectivity index (χ3v) is 2.30. The summed E-state index contributed by atoms with van der Waals surface area (Å²) in [6.07, 6.45) is 1.79. The average molecular weight is 235 g/mol. The van der Waals surface area contributed by atoms with E-state index in [-0.39, 0.29) is 0 Å². The van der Waals surface area contributed by atoms with Crippen LogP contribution in [0.15, 0.2) is 18.7 Å². The van der Waals surface area contributed by atoms with Crippen LogP contribution in [0.2, 0.25) is 0 Å². The highest BCUT2D eigenvalue weighted by molar-refractivity contribution is 5.47. The van der Waals surface area contributed by atoms with Gasteiger partial charge in [-0.3, -0.25) is 0 Å². The number of nitrogens with zero attached hydrogens (tertiary/aromatic N) is 2. The summed E-state index contributed by atoms with van der Waals surface area (Å²) in [7, 11) is 0. The molecule has 0 aromatic carbocycles. The van der Waals surface area contributed by atoms with Gasteiger partial charge in [0.2, 0.25) is 0 Å². The van der Waals surface area contributed by atoms with Crippen molar-refractivity contribution in [2.45, 2.75) is 13.8 Å². The molecule has 0 spiro atoms. The van der Waals surface area contributed by atoms with E-state index in [2.05, 4.69) is 34.1 Å². The summed E-state index contributed by atoms with van der Waals surface area (Å²) in [5, 5.41) is 6.40. The Morgan fingerprint density at radius 1 is 1.41 bits per heavy atom. The van der Waals surface area contributed by atoms with Gasteiger partial charge in [-0.1, -0.05) is 13.0 Å². The Bertz CT molecular complexity index is 364. The molecule has 0 saturated carbocycles. The lowest BCUT2D eigenvalue weighted by Crippen LogP contribution is -2.20. The van der Waals surface area contributed by atoms with Crippen molar-refractivity contribution in [3.05, 3.63) is 24.5 Å². The van der Waals surface area contributed by atoms with Crippen LogP contribution in [0.3, 0.4) is 0 Å². The Hall–Kier alpha value is -1.62. The number of aromatic nitrogens is 2. The minimum Gasteiger partial charge on any atom is -0.370 e. The van der Waals surface area contributed by atoms with Crippen molar-refractivity contribution in [3.8, 4) is 0 Å². The molecule has 0 aliphatic carbocycles. The molecule has 1 unspecified atom stereocenters. The number of nitrogens with two attached hydrogens (primary N) is 1. The van der Waals surface area contributed by atoms with E-state index >= 15 is 0 Å². The first-order valence-electron chi connectivity index (χ1n) is 5.80. The molecular weight excluding hydrogens is 214 g/mol. The first-order chi connectivity index (χ1) is 8.15. The fourth-order valence-electron chi connectivity index (χ4n) is 1.29. The molecule has 0 fully saturated rings. The van der Waals surface area contributed by atoms with E-state index in [1.54, 1.807) is 6.08 Å². The van der Waals surface area contributed by atoms with Crippen LogP contribution >= 0.6 is 0 Å². The summed E-state index contributed by atoms with van der Waals surface area (Å²) in [4.78, 5) is 8.60. The molecule has 0 bridgehead atoms. The largest absolute Gasteiger partial charge is 0.370 e. The van der Waals surface area contributed by atoms with Gasteiger partial charge in [0, 0.05) is 19.2 Å². The Balaban J connectivity index is 2.64. The molecule has 0 amide bonds. The number of rotatable bonds is 7. The summed E-state index contributed by atoms with van der Waals surface area (Å²) in [5.74, 6) is 2.79. The highest BCUT2D eigenvalue weighted by atomic mass is 15.1. The minimum atomic E-state index is 0.426. The summed E-state index contributed by atoms with van der Waals surface area (Å²) in [6, 6.07) is 1.89. The summed E-state index contributed by atoms with van der Waals surface area (Å²) in [6.45, 7) is 9.79. The van der Waals surface area contributed by atoms with Gasteiger partial charge < -0.3 is 16.4 Å². The first kappa shape index (κ1) is 13.4. The molecule has 1 aromatic heterocycles. The second-order valence-electron chi connectivity index (χ2n) is 4.08. The zero-order valence-corrected chi connectivity index (χ0v) is 10.5. The molecule has 1 rings (SSSR count). The third-order valence-electron chi connectivity index (χ3n) is 2.30. The molecule has 0 radical (unpaired) electrons. The van der Waals surface area contributed by atoms with Crippen LogP contribution in [0.4, 0.5) is 11.6 Å². The van der Waals surface area contributed by atoms with Gasteiger partial charge in [-0.05, 0) is 19.4 Å². The summed E-state index contributed by atoms with van der Waals surface area (Å²) >= 11 is 0. The molecule has 1 atom stereocenters. The zero-order chi connectivity index (χ0) is 12.7. The van der Waals surface area contributed by atoms with Crippen molar-refractivity contribution in [1.29, 1.82) is 0 Å². The number of aryl methyl sites for hydroxylation is 1. The normalized spacial score (nSPS) is 11.9. The zero-order valence-electron chi connectivity index (χ0n) is 10.5. The maximum absolute atomic E-state index is 5.57. The lowest BCUT2D eigenvalue weighted by molar-refractivity contribution is 0.626. The molecule has 4 N–H and O–H groups in total. The monoisotopic (exact) mass is 235 g/mol. The van der Waals surface area contributed by atoms with Gasteiger partial charge in [0.1, 0.15) is 17.5 Å². The predicted molar refractivity (Wildman–Crippen MR) is 72.2 cm³/mol. The van der Waals surface area contributed by atoms with Crippen LogP contribution in [-0.2, 0) is 0 Å². The van der Waals surface area contributed by atoms with E-state index in [0.717, 1.165) is 24.0 Å². The Morgan fingerprint density at radius 2 is 2.06 bits per heavy atom. The molecule has 5 heteroatoms. The fraction of sp³-hybridized carbons (Fsp3) is 0.500. The van der Waals surface area contributed by atoms with Gasteiger partial charge in [0.15, 0.2) is 0 Å². The smallest absolute Gasteiger partial charge is 0.132 e. The highest BCUT2D eigenvalue weighted by Crippen LogP contribution is 2.11. The van der Waals surface area contributed by atoms with E-state index in [9.17, 15) is 0 Å². The van der Waals surface area contributed by atoms with Gasteiger partial charge in [-0.25, -0.2) is 9.97 Å². The van der Waals surface area contributed by atoms with Crippen LogP contribution in [-0.4, -0.2) is 29.6 Å². The van der Waals surface area contributed by atoms with Gasteiger partial charge in [-0.15, -0.1) is 6.58 Å². The number of anilines is 2. The van der Waals surface area contributed by atoms with Crippen LogP contribution in [0.1, 0.15) is 12.7 Å². The number of hydrogen-bond donors (Lipinski definition) is 3. The van der Waals surface area contributed by atoms with Crippen LogP contribution < -0.4 is 16.4 Å². The van der Waals surface area contributed by atoms with E-state index in [1.807, 2.05) is 13.0 Å². The molecule has 17 heavy (non-hydrogen) atoms. The maximum atomic E-state index is 5.57. The van der Waals surface area contributed by atoms with Crippen molar-refractivity contribution in [2.24, 2.45) is 11.7 Å². The molecule has 1 heterocycles. The SMILES string of the molecule is C=CCNc1cc(NCC(C)CN)nc(C)n1. The lowest BCUT2D eigenvalue weighted by atomic mass is 10.2. The second kappa shape index (κ2) is 6.85. The fourth-order valence-corrected chi connectivity index (χ4v) is 1.29. The van der Waals surface area contributed by atoms with Crippen LogP contribution in [0.25, 0.3) is 0 Å². The minimum absolute atomic E-state index is 0.426. The van der Waals surface area contributed by atoms with Crippen molar-refractivity contribution in [3.63, 3.8) is 0 Å². The third kappa shape index (κ3) is 4.82. The van der Waals surface area contributed by atoms with E-state index in [4.69, 9.17) is 5.73 Å². The van der Waals surface area contributed by atoms with Crippen molar-refractivity contribution in [2.75, 3.05) is 30.3 Å². The van der Waals surface area contributed by atoms with Crippen molar-refractivity contribution in [1.82, 2.24) is 9.97 Å². The predicted octanol–water partition coefficient (Wildman–Crippen LogP) is 1.39. The first-order valence-corrected chi connectivity index (χ1v) is 5.80. The molecule has 0 aliphatic rings. The summed E-state index contributed by atoms with van der Waals surface area (Å²) < 4.78 is 0. The van der Waals surface area contributed by atoms with Crippen molar-refractivity contribution >= 4 is 11.6 Å². The highest BCUT2D eigenvalue weighted by Gasteiger charge is 2.03. The molecule has 0 saturated heterocycles. The molecule has 94 valence electrons.